The molecule has 0 unspecified atom stereocenters. The van der Waals surface area contributed by atoms with Gasteiger partial charge in [-0.15, -0.1) is 13.2 Å². The molecule has 1 fully saturated rings. The van der Waals surface area contributed by atoms with E-state index < -0.39 is 22.1 Å². The lowest BCUT2D eigenvalue weighted by Gasteiger charge is -2.30. The Kier molecular flexibility index (Phi) is 10.0. The molecule has 7 nitrogen and oxygen atoms in total. The summed E-state index contributed by atoms with van der Waals surface area (Å²) in [6.07, 6.45) is -3.40. The van der Waals surface area contributed by atoms with Gasteiger partial charge in [0.25, 0.3) is 0 Å². The smallest absolute Gasteiger partial charge is 0.456 e. The van der Waals surface area contributed by atoms with Crippen LogP contribution in [-0.2, 0) is 29.7 Å². The normalized spacial score (nSPS) is 14.1. The Bertz CT molecular complexity index is 1640. The van der Waals surface area contributed by atoms with Crippen LogP contribution in [0.5, 0.6) is 17.2 Å². The standard InChI is InChI=1S/C34H36F3N3O4S/c1-38(2)25-28-20-33(45(41,42)40-18-9-10-19-40)32(43-29-16-11-17-30(21-29)44-34(35,36)37)22-31(28)39(23-26-12-5-3-6-13-26)24-27-14-7-4-8-15-27/h3-8,11-17,20-22H,9-10,18-19,23-25H2,1-2H3. The highest BCUT2D eigenvalue weighted by atomic mass is 32.2. The molecule has 0 aromatic heterocycles. The molecule has 1 aliphatic heterocycles. The van der Waals surface area contributed by atoms with E-state index in [1.54, 1.807) is 12.1 Å². The fourth-order valence-electron chi connectivity index (χ4n) is 5.40. The van der Waals surface area contributed by atoms with Crippen LogP contribution < -0.4 is 14.4 Å². The number of hydrogen-bond acceptors (Lipinski definition) is 6. The molecule has 0 amide bonds. The molecule has 11 heteroatoms. The summed E-state index contributed by atoms with van der Waals surface area (Å²) in [7, 11) is -0.166. The molecule has 1 saturated heterocycles. The van der Waals surface area contributed by atoms with Crippen molar-refractivity contribution in [1.29, 1.82) is 0 Å². The van der Waals surface area contributed by atoms with Crippen molar-refractivity contribution in [2.24, 2.45) is 0 Å². The van der Waals surface area contributed by atoms with Gasteiger partial charge in [0, 0.05) is 50.5 Å². The predicted molar refractivity (Wildman–Crippen MR) is 168 cm³/mol. The van der Waals surface area contributed by atoms with E-state index in [0.717, 1.165) is 47.4 Å². The van der Waals surface area contributed by atoms with Crippen LogP contribution in [0.25, 0.3) is 0 Å². The molecule has 0 radical (unpaired) electrons. The van der Waals surface area contributed by atoms with Crippen LogP contribution >= 0.6 is 0 Å². The number of ether oxygens (including phenoxy) is 2. The Balaban J connectivity index is 1.67. The molecule has 238 valence electrons. The van der Waals surface area contributed by atoms with Gasteiger partial charge in [0.1, 0.15) is 22.1 Å². The second-order valence-electron chi connectivity index (χ2n) is 11.2. The van der Waals surface area contributed by atoms with E-state index in [1.807, 2.05) is 79.7 Å². The zero-order valence-electron chi connectivity index (χ0n) is 25.2. The van der Waals surface area contributed by atoms with Crippen LogP contribution in [0, 0.1) is 0 Å². The van der Waals surface area contributed by atoms with Crippen LogP contribution in [0.3, 0.4) is 0 Å². The number of nitrogens with zero attached hydrogens (tertiary/aromatic N) is 3. The van der Waals surface area contributed by atoms with E-state index in [4.69, 9.17) is 4.74 Å². The summed E-state index contributed by atoms with van der Waals surface area (Å²) in [5, 5.41) is 0. The van der Waals surface area contributed by atoms with Gasteiger partial charge in [-0.2, -0.15) is 4.31 Å². The summed E-state index contributed by atoms with van der Waals surface area (Å²) < 4.78 is 78.7. The predicted octanol–water partition coefficient (Wildman–Crippen LogP) is 7.43. The van der Waals surface area contributed by atoms with Gasteiger partial charge in [-0.05, 0) is 61.8 Å². The van der Waals surface area contributed by atoms with Crippen LogP contribution in [0.1, 0.15) is 29.5 Å². The lowest BCUT2D eigenvalue weighted by atomic mass is 10.1. The molecule has 4 aromatic rings. The first-order valence-corrected chi connectivity index (χ1v) is 16.1. The van der Waals surface area contributed by atoms with Gasteiger partial charge in [0.2, 0.25) is 10.0 Å². The maximum atomic E-state index is 14.0. The van der Waals surface area contributed by atoms with Crippen molar-refractivity contribution >= 4 is 15.7 Å². The fourth-order valence-corrected chi connectivity index (χ4v) is 7.06. The molecule has 0 aliphatic carbocycles. The lowest BCUT2D eigenvalue weighted by Crippen LogP contribution is -2.29. The minimum atomic E-state index is -4.89. The minimum absolute atomic E-state index is 0.0126. The van der Waals surface area contributed by atoms with E-state index in [1.165, 1.54) is 16.4 Å². The summed E-state index contributed by atoms with van der Waals surface area (Å²) in [5.74, 6) is -0.434. The zero-order chi connectivity index (χ0) is 32.0. The van der Waals surface area contributed by atoms with Crippen molar-refractivity contribution in [2.45, 2.75) is 43.7 Å². The number of alkyl halides is 3. The van der Waals surface area contributed by atoms with Crippen molar-refractivity contribution in [1.82, 2.24) is 9.21 Å². The number of halogens is 3. The Labute approximate surface area is 262 Å². The van der Waals surface area contributed by atoms with Crippen molar-refractivity contribution in [3.8, 4) is 17.2 Å². The number of anilines is 1. The summed E-state index contributed by atoms with van der Waals surface area (Å²) in [5.41, 5.74) is 3.62. The molecule has 0 bridgehead atoms. The largest absolute Gasteiger partial charge is 0.573 e. The molecule has 1 aliphatic rings. The van der Waals surface area contributed by atoms with Gasteiger partial charge in [-0.25, -0.2) is 8.42 Å². The summed E-state index contributed by atoms with van der Waals surface area (Å²) in [4.78, 5) is 4.09. The third-order valence-corrected chi connectivity index (χ3v) is 9.27. The first-order chi connectivity index (χ1) is 21.5. The van der Waals surface area contributed by atoms with Crippen LogP contribution in [-0.4, -0.2) is 51.2 Å². The van der Waals surface area contributed by atoms with Crippen molar-refractivity contribution in [2.75, 3.05) is 32.1 Å². The average Bonchev–Trinajstić information content (AvgIpc) is 3.54. The fraction of sp³-hybridized carbons (Fsp3) is 0.294. The van der Waals surface area contributed by atoms with E-state index in [9.17, 15) is 21.6 Å². The molecule has 0 saturated carbocycles. The van der Waals surface area contributed by atoms with E-state index in [2.05, 4.69) is 9.64 Å². The Morgan fingerprint density at radius 1 is 0.756 bits per heavy atom. The summed E-state index contributed by atoms with van der Waals surface area (Å²) in [6, 6.07) is 28.3. The molecule has 0 atom stereocenters. The van der Waals surface area contributed by atoms with E-state index in [0.29, 0.717) is 32.7 Å². The quantitative estimate of drug-likeness (QED) is 0.161. The Morgan fingerprint density at radius 3 is 1.89 bits per heavy atom. The highest BCUT2D eigenvalue weighted by Gasteiger charge is 2.33. The van der Waals surface area contributed by atoms with E-state index in [-0.39, 0.29) is 16.4 Å². The third-order valence-electron chi connectivity index (χ3n) is 7.35. The minimum Gasteiger partial charge on any atom is -0.456 e. The lowest BCUT2D eigenvalue weighted by molar-refractivity contribution is -0.274. The van der Waals surface area contributed by atoms with Crippen molar-refractivity contribution in [3.05, 3.63) is 114 Å². The number of sulfonamides is 1. The number of benzene rings is 4. The molecular formula is C34H36F3N3O4S. The number of rotatable bonds is 12. The second kappa shape index (κ2) is 13.9. The van der Waals surface area contributed by atoms with Crippen LogP contribution in [0.2, 0.25) is 0 Å². The number of hydrogen-bond donors (Lipinski definition) is 0. The zero-order valence-corrected chi connectivity index (χ0v) is 26.0. The molecule has 5 rings (SSSR count). The van der Waals surface area contributed by atoms with Crippen LogP contribution in [0.15, 0.2) is 102 Å². The molecule has 0 N–H and O–H groups in total. The van der Waals surface area contributed by atoms with Gasteiger partial charge in [0.15, 0.2) is 0 Å². The van der Waals surface area contributed by atoms with Gasteiger partial charge < -0.3 is 19.3 Å². The van der Waals surface area contributed by atoms with E-state index >= 15 is 0 Å². The highest BCUT2D eigenvalue weighted by molar-refractivity contribution is 7.89. The maximum absolute atomic E-state index is 14.0. The molecule has 45 heavy (non-hydrogen) atoms. The highest BCUT2D eigenvalue weighted by Crippen LogP contribution is 2.40. The topological polar surface area (TPSA) is 62.3 Å². The Morgan fingerprint density at radius 2 is 1.33 bits per heavy atom. The first-order valence-electron chi connectivity index (χ1n) is 14.7. The average molecular weight is 640 g/mol. The Hall–Kier alpha value is -4.06. The van der Waals surface area contributed by atoms with Gasteiger partial charge in [-0.3, -0.25) is 0 Å². The second-order valence-corrected chi connectivity index (χ2v) is 13.1. The SMILES string of the molecule is CN(C)Cc1cc(S(=O)(=O)N2CCCC2)c(Oc2cccc(OC(F)(F)F)c2)cc1N(Cc1ccccc1)Cc1ccccc1. The van der Waals surface area contributed by atoms with Crippen LogP contribution in [0.4, 0.5) is 18.9 Å². The first kappa shape index (κ1) is 32.3. The molecular weight excluding hydrogens is 603 g/mol. The van der Waals surface area contributed by atoms with Crippen molar-refractivity contribution in [3.63, 3.8) is 0 Å². The molecule has 4 aromatic carbocycles. The molecule has 1 heterocycles. The summed E-state index contributed by atoms with van der Waals surface area (Å²) >= 11 is 0. The molecule has 0 spiro atoms. The summed E-state index contributed by atoms with van der Waals surface area (Å²) in [6.45, 7) is 2.24. The third kappa shape index (κ3) is 8.56. The maximum Gasteiger partial charge on any atom is 0.573 e. The monoisotopic (exact) mass is 639 g/mol. The van der Waals surface area contributed by atoms with Gasteiger partial charge in [-0.1, -0.05) is 66.7 Å². The van der Waals surface area contributed by atoms with Gasteiger partial charge in [0.05, 0.1) is 0 Å². The van der Waals surface area contributed by atoms with Gasteiger partial charge >= 0.3 is 6.36 Å². The van der Waals surface area contributed by atoms with Crippen molar-refractivity contribution < 1.29 is 31.1 Å².